The highest BCUT2D eigenvalue weighted by atomic mass is 127. The first-order chi connectivity index (χ1) is 12.2. The van der Waals surface area contributed by atoms with Crippen LogP contribution in [0.15, 0.2) is 11.2 Å². The van der Waals surface area contributed by atoms with Crippen molar-refractivity contribution in [3.8, 4) is 0 Å². The second kappa shape index (κ2) is 11.4. The summed E-state index contributed by atoms with van der Waals surface area (Å²) < 4.78 is 5.45. The maximum atomic E-state index is 5.45. The molecule has 0 amide bonds. The number of ether oxygens (including phenoxy) is 1. The smallest absolute Gasteiger partial charge is 0.193 e. The Kier molecular flexibility index (Phi) is 9.58. The Bertz CT molecular complexity index is 562. The second-order valence-corrected chi connectivity index (χ2v) is 8.18. The van der Waals surface area contributed by atoms with Gasteiger partial charge in [-0.15, -0.1) is 35.3 Å². The van der Waals surface area contributed by atoms with Crippen molar-refractivity contribution in [1.82, 2.24) is 20.1 Å². The number of hydrogen-bond donors (Lipinski definition) is 1. The zero-order chi connectivity index (χ0) is 17.5. The molecule has 1 atom stereocenters. The van der Waals surface area contributed by atoms with E-state index in [9.17, 15) is 0 Å². The summed E-state index contributed by atoms with van der Waals surface area (Å²) in [5.41, 5.74) is 0. The Morgan fingerprint density at radius 2 is 2.19 bits per heavy atom. The largest absolute Gasteiger partial charge is 0.379 e. The molecule has 1 aromatic heterocycles. The summed E-state index contributed by atoms with van der Waals surface area (Å²) >= 11 is 1.77. The van der Waals surface area contributed by atoms with Gasteiger partial charge in [-0.1, -0.05) is 0 Å². The summed E-state index contributed by atoms with van der Waals surface area (Å²) in [7, 11) is 0. The Labute approximate surface area is 178 Å². The van der Waals surface area contributed by atoms with Crippen LogP contribution in [0.3, 0.4) is 0 Å². The predicted molar refractivity (Wildman–Crippen MR) is 119 cm³/mol. The number of guanidine groups is 1. The minimum atomic E-state index is 0. The van der Waals surface area contributed by atoms with Crippen molar-refractivity contribution in [2.45, 2.75) is 26.7 Å². The van der Waals surface area contributed by atoms with Crippen molar-refractivity contribution in [1.29, 1.82) is 0 Å². The lowest BCUT2D eigenvalue weighted by molar-refractivity contribution is 0.0315. The van der Waals surface area contributed by atoms with Crippen LogP contribution >= 0.6 is 35.3 Å². The SMILES string of the molecule is CCNC(=NCCc1ncc(C)s1)N1CCC(CN2CCOCC2)C1.I. The molecule has 2 fully saturated rings. The van der Waals surface area contributed by atoms with Crippen LogP contribution in [0.4, 0.5) is 0 Å². The number of nitrogens with zero attached hydrogens (tertiary/aromatic N) is 4. The number of aryl methyl sites for hydroxylation is 1. The summed E-state index contributed by atoms with van der Waals surface area (Å²) in [5, 5.41) is 4.65. The van der Waals surface area contributed by atoms with Gasteiger partial charge in [0.25, 0.3) is 0 Å². The Balaban J connectivity index is 0.00000243. The molecule has 2 aliphatic rings. The Hall–Kier alpha value is -0.450. The van der Waals surface area contributed by atoms with Gasteiger partial charge >= 0.3 is 0 Å². The Morgan fingerprint density at radius 3 is 2.88 bits per heavy atom. The normalized spacial score (nSPS) is 21.7. The van der Waals surface area contributed by atoms with E-state index >= 15 is 0 Å². The third kappa shape index (κ3) is 6.61. The average molecular weight is 493 g/mol. The molecule has 3 heterocycles. The molecular weight excluding hydrogens is 461 g/mol. The van der Waals surface area contributed by atoms with Gasteiger partial charge in [0.2, 0.25) is 0 Å². The van der Waals surface area contributed by atoms with E-state index in [0.717, 1.165) is 70.8 Å². The highest BCUT2D eigenvalue weighted by molar-refractivity contribution is 14.0. The molecule has 8 heteroatoms. The van der Waals surface area contributed by atoms with Crippen LogP contribution < -0.4 is 5.32 Å². The lowest BCUT2D eigenvalue weighted by Gasteiger charge is -2.29. The van der Waals surface area contributed by atoms with E-state index in [1.54, 1.807) is 11.3 Å². The maximum Gasteiger partial charge on any atom is 0.193 e. The molecular formula is C18H32IN5OS. The van der Waals surface area contributed by atoms with Crippen LogP contribution in [0.5, 0.6) is 0 Å². The van der Waals surface area contributed by atoms with Crippen molar-refractivity contribution in [2.24, 2.45) is 10.9 Å². The molecule has 0 spiro atoms. The van der Waals surface area contributed by atoms with Gasteiger partial charge in [0, 0.05) is 63.3 Å². The Morgan fingerprint density at radius 1 is 1.38 bits per heavy atom. The number of halogens is 1. The number of aromatic nitrogens is 1. The van der Waals surface area contributed by atoms with E-state index in [2.05, 4.69) is 33.9 Å². The quantitative estimate of drug-likeness (QED) is 0.374. The van der Waals surface area contributed by atoms with Gasteiger partial charge in [-0.05, 0) is 26.2 Å². The summed E-state index contributed by atoms with van der Waals surface area (Å²) in [5.74, 6) is 1.81. The summed E-state index contributed by atoms with van der Waals surface area (Å²) in [6.45, 7) is 13.3. The van der Waals surface area contributed by atoms with Crippen molar-refractivity contribution in [3.63, 3.8) is 0 Å². The van der Waals surface area contributed by atoms with Crippen LogP contribution in [0.1, 0.15) is 23.2 Å². The third-order valence-electron chi connectivity index (χ3n) is 4.80. The van der Waals surface area contributed by atoms with Crippen LogP contribution in [0.25, 0.3) is 0 Å². The summed E-state index contributed by atoms with van der Waals surface area (Å²) in [6, 6.07) is 0. The van der Waals surface area contributed by atoms with E-state index in [0.29, 0.717) is 0 Å². The van der Waals surface area contributed by atoms with Crippen LogP contribution in [-0.2, 0) is 11.2 Å². The van der Waals surface area contributed by atoms with Gasteiger partial charge in [0.15, 0.2) is 5.96 Å². The van der Waals surface area contributed by atoms with Crippen LogP contribution in [0, 0.1) is 12.8 Å². The molecule has 148 valence electrons. The molecule has 0 aliphatic carbocycles. The lowest BCUT2D eigenvalue weighted by Crippen LogP contribution is -2.42. The van der Waals surface area contributed by atoms with Crippen molar-refractivity contribution in [2.75, 3.05) is 59.0 Å². The predicted octanol–water partition coefficient (Wildman–Crippen LogP) is 2.23. The van der Waals surface area contributed by atoms with E-state index in [1.165, 1.54) is 22.9 Å². The molecule has 6 nitrogen and oxygen atoms in total. The number of aliphatic imine (C=N–C) groups is 1. The molecule has 0 bridgehead atoms. The first-order valence-corrected chi connectivity index (χ1v) is 10.3. The van der Waals surface area contributed by atoms with Gasteiger partial charge < -0.3 is 15.0 Å². The first-order valence-electron chi connectivity index (χ1n) is 9.49. The summed E-state index contributed by atoms with van der Waals surface area (Å²) in [4.78, 5) is 15.5. The van der Waals surface area contributed by atoms with Gasteiger partial charge in [0.1, 0.15) is 0 Å². The second-order valence-electron chi connectivity index (χ2n) is 6.86. The topological polar surface area (TPSA) is 53.0 Å². The van der Waals surface area contributed by atoms with Crippen molar-refractivity contribution >= 4 is 41.3 Å². The number of morpholine rings is 1. The third-order valence-corrected chi connectivity index (χ3v) is 5.77. The number of hydrogen-bond acceptors (Lipinski definition) is 5. The number of thiazole rings is 1. The van der Waals surface area contributed by atoms with Crippen LogP contribution in [-0.4, -0.2) is 79.8 Å². The first kappa shape index (κ1) is 21.8. The summed E-state index contributed by atoms with van der Waals surface area (Å²) in [6.07, 6.45) is 4.14. The fourth-order valence-electron chi connectivity index (χ4n) is 3.52. The zero-order valence-electron chi connectivity index (χ0n) is 15.9. The number of rotatable bonds is 6. The van der Waals surface area contributed by atoms with E-state index in [4.69, 9.17) is 9.73 Å². The lowest BCUT2D eigenvalue weighted by atomic mass is 10.1. The molecule has 0 radical (unpaired) electrons. The minimum Gasteiger partial charge on any atom is -0.379 e. The standard InChI is InChI=1S/C18H31N5OS.HI/c1-3-19-18(20-6-4-17-21-12-15(2)25-17)23-7-5-16(14-23)13-22-8-10-24-11-9-22;/h12,16H,3-11,13-14H2,1-2H3,(H,19,20);1H. The highest BCUT2D eigenvalue weighted by Crippen LogP contribution is 2.18. The van der Waals surface area contributed by atoms with Crippen molar-refractivity contribution < 1.29 is 4.74 Å². The monoisotopic (exact) mass is 493 g/mol. The van der Waals surface area contributed by atoms with E-state index < -0.39 is 0 Å². The molecule has 26 heavy (non-hydrogen) atoms. The van der Waals surface area contributed by atoms with Gasteiger partial charge in [-0.25, -0.2) is 4.98 Å². The fraction of sp³-hybridized carbons (Fsp3) is 0.778. The van der Waals surface area contributed by atoms with Crippen molar-refractivity contribution in [3.05, 3.63) is 16.1 Å². The maximum absolute atomic E-state index is 5.45. The van der Waals surface area contributed by atoms with Gasteiger partial charge in [-0.2, -0.15) is 0 Å². The number of likely N-dealkylation sites (tertiary alicyclic amines) is 1. The molecule has 3 rings (SSSR count). The number of nitrogens with one attached hydrogen (secondary N) is 1. The van der Waals surface area contributed by atoms with E-state index in [-0.39, 0.29) is 24.0 Å². The molecule has 2 saturated heterocycles. The molecule has 0 aromatic carbocycles. The molecule has 0 saturated carbocycles. The molecule has 1 aromatic rings. The zero-order valence-corrected chi connectivity index (χ0v) is 19.1. The highest BCUT2D eigenvalue weighted by Gasteiger charge is 2.27. The van der Waals surface area contributed by atoms with Gasteiger partial charge in [-0.3, -0.25) is 9.89 Å². The fourth-order valence-corrected chi connectivity index (χ4v) is 4.30. The van der Waals surface area contributed by atoms with E-state index in [1.807, 2.05) is 6.20 Å². The molecule has 2 aliphatic heterocycles. The average Bonchev–Trinajstić information content (AvgIpc) is 3.24. The minimum absolute atomic E-state index is 0. The molecule has 1 N–H and O–H groups in total. The molecule has 1 unspecified atom stereocenters. The van der Waals surface area contributed by atoms with Gasteiger partial charge in [0.05, 0.1) is 18.2 Å². The van der Waals surface area contributed by atoms with Crippen LogP contribution in [0.2, 0.25) is 0 Å².